The van der Waals surface area contributed by atoms with Crippen LogP contribution >= 0.6 is 0 Å². The van der Waals surface area contributed by atoms with Crippen molar-refractivity contribution in [1.29, 1.82) is 0 Å². The van der Waals surface area contributed by atoms with Gasteiger partial charge in [-0.3, -0.25) is 9.59 Å². The molecule has 106 valence electrons. The highest BCUT2D eigenvalue weighted by molar-refractivity contribution is 5.96. The molecule has 0 aliphatic heterocycles. The minimum absolute atomic E-state index is 0.136. The van der Waals surface area contributed by atoms with E-state index in [0.29, 0.717) is 12.8 Å². The molecule has 2 unspecified atom stereocenters. The zero-order valence-corrected chi connectivity index (χ0v) is 11.4. The lowest BCUT2D eigenvalue weighted by Crippen LogP contribution is -2.41. The Hall–Kier alpha value is -1.84. The number of aliphatic carboxylic acids is 1. The van der Waals surface area contributed by atoms with Gasteiger partial charge in [-0.15, -0.1) is 0 Å². The third-order valence-corrected chi connectivity index (χ3v) is 4.58. The predicted molar refractivity (Wildman–Crippen MR) is 75.6 cm³/mol. The Morgan fingerprint density at radius 2 is 1.85 bits per heavy atom. The summed E-state index contributed by atoms with van der Waals surface area (Å²) in [6, 6.07) is 6.01. The highest BCUT2D eigenvalue weighted by Crippen LogP contribution is 2.36. The number of anilines is 1. The molecule has 2 N–H and O–H groups in total. The number of benzene rings is 1. The number of aryl methyl sites for hydroxylation is 1. The summed E-state index contributed by atoms with van der Waals surface area (Å²) in [4.78, 5) is 23.2. The molecule has 1 fully saturated rings. The second-order valence-electron chi connectivity index (χ2n) is 5.77. The molecule has 2 aliphatic carbocycles. The molecule has 1 aromatic carbocycles. The van der Waals surface area contributed by atoms with Gasteiger partial charge in [0.15, 0.2) is 0 Å². The van der Waals surface area contributed by atoms with Crippen molar-refractivity contribution in [2.24, 2.45) is 11.8 Å². The Morgan fingerprint density at radius 3 is 2.55 bits per heavy atom. The van der Waals surface area contributed by atoms with Crippen molar-refractivity contribution in [1.82, 2.24) is 0 Å². The molecule has 1 amide bonds. The predicted octanol–water partition coefficient (Wildman–Crippen LogP) is 2.61. The Balaban J connectivity index is 1.75. The fraction of sp³-hybridized carbons (Fsp3) is 0.500. The number of hydrogen-bond acceptors (Lipinski definition) is 2. The number of rotatable bonds is 3. The van der Waals surface area contributed by atoms with Crippen molar-refractivity contribution in [2.45, 2.75) is 38.5 Å². The molecule has 4 nitrogen and oxygen atoms in total. The number of nitrogens with one attached hydrogen (secondary N) is 1. The lowest BCUT2D eigenvalue weighted by molar-refractivity contribution is -0.151. The molecule has 20 heavy (non-hydrogen) atoms. The first kappa shape index (κ1) is 13.2. The fourth-order valence-electron chi connectivity index (χ4n) is 3.23. The van der Waals surface area contributed by atoms with Crippen molar-refractivity contribution in [3.8, 4) is 0 Å². The van der Waals surface area contributed by atoms with Gasteiger partial charge in [0.1, 0.15) is 0 Å². The van der Waals surface area contributed by atoms with Crippen molar-refractivity contribution < 1.29 is 14.7 Å². The van der Waals surface area contributed by atoms with E-state index >= 15 is 0 Å². The summed E-state index contributed by atoms with van der Waals surface area (Å²) in [5, 5.41) is 12.0. The topological polar surface area (TPSA) is 66.4 Å². The quantitative estimate of drug-likeness (QED) is 0.889. The van der Waals surface area contributed by atoms with Gasteiger partial charge in [0.25, 0.3) is 0 Å². The molecule has 0 spiro atoms. The van der Waals surface area contributed by atoms with E-state index in [4.69, 9.17) is 5.11 Å². The van der Waals surface area contributed by atoms with E-state index < -0.39 is 11.9 Å². The van der Waals surface area contributed by atoms with Crippen LogP contribution in [0.2, 0.25) is 0 Å². The number of fused-ring (bicyclic) bond motifs is 1. The Bertz CT molecular complexity index is 553. The molecule has 0 bridgehead atoms. The maximum absolute atomic E-state index is 12.2. The number of amides is 1. The van der Waals surface area contributed by atoms with Crippen molar-refractivity contribution in [2.75, 3.05) is 5.32 Å². The third kappa shape index (κ3) is 2.30. The molecular weight excluding hydrogens is 254 g/mol. The van der Waals surface area contributed by atoms with E-state index in [-0.39, 0.29) is 11.8 Å². The first-order valence-corrected chi connectivity index (χ1v) is 7.31. The average Bonchev–Trinajstić information content (AvgIpc) is 2.37. The standard InChI is InChI=1S/C16H19NO3/c18-15(12-8-9-13(12)16(19)20)17-14-7-3-5-10-4-1-2-6-11(10)14/h3,5,7,12-13H,1-2,4,6,8-9H2,(H,17,18)(H,19,20). The smallest absolute Gasteiger partial charge is 0.307 e. The van der Waals surface area contributed by atoms with E-state index in [0.717, 1.165) is 24.9 Å². The second kappa shape index (κ2) is 5.27. The first-order chi connectivity index (χ1) is 9.66. The fourth-order valence-corrected chi connectivity index (χ4v) is 3.23. The zero-order valence-electron chi connectivity index (χ0n) is 11.4. The van der Waals surface area contributed by atoms with Gasteiger partial charge < -0.3 is 10.4 Å². The van der Waals surface area contributed by atoms with Gasteiger partial charge in [-0.2, -0.15) is 0 Å². The summed E-state index contributed by atoms with van der Waals surface area (Å²) in [6.45, 7) is 0. The molecule has 1 aromatic rings. The summed E-state index contributed by atoms with van der Waals surface area (Å²) in [5.41, 5.74) is 3.43. The van der Waals surface area contributed by atoms with E-state index in [1.54, 1.807) is 0 Å². The maximum Gasteiger partial charge on any atom is 0.307 e. The Labute approximate surface area is 118 Å². The normalized spacial score (nSPS) is 24.4. The summed E-state index contributed by atoms with van der Waals surface area (Å²) < 4.78 is 0. The van der Waals surface area contributed by atoms with Crippen LogP contribution in [-0.2, 0) is 22.4 Å². The van der Waals surface area contributed by atoms with E-state index in [1.807, 2.05) is 12.1 Å². The highest BCUT2D eigenvalue weighted by atomic mass is 16.4. The van der Waals surface area contributed by atoms with Crippen LogP contribution in [0.15, 0.2) is 18.2 Å². The van der Waals surface area contributed by atoms with Gasteiger partial charge in [-0.1, -0.05) is 12.1 Å². The average molecular weight is 273 g/mol. The molecule has 0 aromatic heterocycles. The minimum atomic E-state index is -0.855. The zero-order chi connectivity index (χ0) is 14.1. The van der Waals surface area contributed by atoms with Gasteiger partial charge in [0.05, 0.1) is 11.8 Å². The molecule has 2 atom stereocenters. The molecule has 1 saturated carbocycles. The van der Waals surface area contributed by atoms with Crippen molar-refractivity contribution in [3.05, 3.63) is 29.3 Å². The van der Waals surface area contributed by atoms with E-state index in [2.05, 4.69) is 11.4 Å². The number of carbonyl (C=O) groups is 2. The summed E-state index contributed by atoms with van der Waals surface area (Å²) in [6.07, 6.45) is 5.71. The molecular formula is C16H19NO3. The largest absolute Gasteiger partial charge is 0.481 e. The van der Waals surface area contributed by atoms with Crippen LogP contribution in [0.25, 0.3) is 0 Å². The molecule has 0 saturated heterocycles. The number of hydrogen-bond donors (Lipinski definition) is 2. The summed E-state index contributed by atoms with van der Waals surface area (Å²) in [5.74, 6) is -1.87. The van der Waals surface area contributed by atoms with Gasteiger partial charge >= 0.3 is 5.97 Å². The van der Waals surface area contributed by atoms with Crippen LogP contribution in [0.3, 0.4) is 0 Å². The molecule has 2 aliphatic rings. The van der Waals surface area contributed by atoms with E-state index in [9.17, 15) is 9.59 Å². The van der Waals surface area contributed by atoms with Crippen LogP contribution in [-0.4, -0.2) is 17.0 Å². The van der Waals surface area contributed by atoms with E-state index in [1.165, 1.54) is 17.5 Å². The van der Waals surface area contributed by atoms with Gasteiger partial charge in [-0.05, 0) is 55.7 Å². The lowest BCUT2D eigenvalue weighted by atomic mass is 9.73. The van der Waals surface area contributed by atoms with Gasteiger partial charge in [0.2, 0.25) is 5.91 Å². The van der Waals surface area contributed by atoms with Crippen molar-refractivity contribution >= 4 is 17.6 Å². The van der Waals surface area contributed by atoms with Gasteiger partial charge in [0, 0.05) is 5.69 Å². The Kier molecular flexibility index (Phi) is 3.47. The number of carboxylic acid groups (broad SMARTS) is 1. The first-order valence-electron chi connectivity index (χ1n) is 7.31. The highest BCUT2D eigenvalue weighted by Gasteiger charge is 2.41. The lowest BCUT2D eigenvalue weighted by Gasteiger charge is -2.32. The number of carbonyl (C=O) groups excluding carboxylic acids is 1. The van der Waals surface area contributed by atoms with Gasteiger partial charge in [-0.25, -0.2) is 0 Å². The van der Waals surface area contributed by atoms with Crippen LogP contribution in [0, 0.1) is 11.8 Å². The Morgan fingerprint density at radius 1 is 1.10 bits per heavy atom. The summed E-state index contributed by atoms with van der Waals surface area (Å²) >= 11 is 0. The SMILES string of the molecule is O=C(O)C1CCC1C(=O)Nc1cccc2c1CCCC2. The molecule has 0 heterocycles. The molecule has 4 heteroatoms. The van der Waals surface area contributed by atoms with Crippen molar-refractivity contribution in [3.63, 3.8) is 0 Å². The molecule has 0 radical (unpaired) electrons. The molecule has 3 rings (SSSR count). The summed E-state index contributed by atoms with van der Waals surface area (Å²) in [7, 11) is 0. The minimum Gasteiger partial charge on any atom is -0.481 e. The third-order valence-electron chi connectivity index (χ3n) is 4.58. The van der Waals surface area contributed by atoms with Crippen LogP contribution < -0.4 is 5.32 Å². The monoisotopic (exact) mass is 273 g/mol. The van der Waals surface area contributed by atoms with Crippen LogP contribution in [0.4, 0.5) is 5.69 Å². The number of carboxylic acids is 1. The van der Waals surface area contributed by atoms with Crippen LogP contribution in [0.1, 0.15) is 36.8 Å². The van der Waals surface area contributed by atoms with Crippen LogP contribution in [0.5, 0.6) is 0 Å². The maximum atomic E-state index is 12.2. The second-order valence-corrected chi connectivity index (χ2v) is 5.77.